The Morgan fingerprint density at radius 2 is 1.97 bits per heavy atom. The zero-order valence-corrected chi connectivity index (χ0v) is 19.8. The van der Waals surface area contributed by atoms with Gasteiger partial charge >= 0.3 is 0 Å². The van der Waals surface area contributed by atoms with E-state index in [-0.39, 0.29) is 21.7 Å². The van der Waals surface area contributed by atoms with Gasteiger partial charge in [0.2, 0.25) is 10.0 Å². The number of imidazole rings is 1. The fourth-order valence-electron chi connectivity index (χ4n) is 4.27. The maximum Gasteiger partial charge on any atom is 0.253 e. The molecular weight excluding hydrogens is 448 g/mol. The fourth-order valence-corrected chi connectivity index (χ4v) is 6.23. The first-order valence-corrected chi connectivity index (χ1v) is 12.7. The topological polar surface area (TPSA) is 86.4 Å². The van der Waals surface area contributed by atoms with Gasteiger partial charge in [0.05, 0.1) is 16.1 Å². The van der Waals surface area contributed by atoms with E-state index in [0.717, 1.165) is 29.7 Å². The van der Waals surface area contributed by atoms with Crippen molar-refractivity contribution < 1.29 is 13.2 Å². The van der Waals surface area contributed by atoms with Crippen LogP contribution in [0.15, 0.2) is 47.4 Å². The highest BCUT2D eigenvalue weighted by Gasteiger charge is 2.30. The molecule has 0 unspecified atom stereocenters. The van der Waals surface area contributed by atoms with Crippen LogP contribution >= 0.6 is 11.6 Å². The molecule has 1 aliphatic rings. The number of nitrogens with zero attached hydrogens (tertiary/aromatic N) is 3. The van der Waals surface area contributed by atoms with Crippen molar-refractivity contribution in [3.05, 3.63) is 58.9 Å². The highest BCUT2D eigenvalue weighted by Crippen LogP contribution is 2.30. The third-order valence-corrected chi connectivity index (χ3v) is 8.54. The first-order valence-electron chi connectivity index (χ1n) is 10.9. The van der Waals surface area contributed by atoms with Crippen LogP contribution in [-0.2, 0) is 10.0 Å². The summed E-state index contributed by atoms with van der Waals surface area (Å²) in [4.78, 5) is 23.1. The molecule has 9 heteroatoms. The predicted octanol–water partition coefficient (Wildman–Crippen LogP) is 4.27. The molecule has 1 atom stereocenters. The second-order valence-electron chi connectivity index (χ2n) is 7.96. The molecule has 7 nitrogen and oxygen atoms in total. The van der Waals surface area contributed by atoms with E-state index in [1.807, 2.05) is 24.3 Å². The Labute approximate surface area is 193 Å². The lowest BCUT2D eigenvalue weighted by Gasteiger charge is -2.32. The molecular formula is C23H27ClN4O3S. The molecule has 4 rings (SSSR count). The molecule has 0 saturated carbocycles. The molecule has 2 heterocycles. The van der Waals surface area contributed by atoms with Crippen molar-refractivity contribution in [2.24, 2.45) is 0 Å². The Morgan fingerprint density at radius 3 is 2.69 bits per heavy atom. The van der Waals surface area contributed by atoms with E-state index >= 15 is 0 Å². The van der Waals surface area contributed by atoms with Gasteiger partial charge < -0.3 is 9.88 Å². The Kier molecular flexibility index (Phi) is 6.55. The largest absolute Gasteiger partial charge is 0.342 e. The van der Waals surface area contributed by atoms with Crippen LogP contribution in [0.1, 0.15) is 48.8 Å². The van der Waals surface area contributed by atoms with Crippen molar-refractivity contribution in [2.75, 3.05) is 26.2 Å². The minimum atomic E-state index is -3.77. The number of carbonyl (C=O) groups is 1. The molecule has 0 aliphatic carbocycles. The number of nitrogens with one attached hydrogen (secondary N) is 1. The minimum Gasteiger partial charge on any atom is -0.342 e. The second kappa shape index (κ2) is 9.21. The van der Waals surface area contributed by atoms with Crippen LogP contribution in [0.5, 0.6) is 0 Å². The third-order valence-electron chi connectivity index (χ3n) is 6.00. The van der Waals surface area contributed by atoms with Crippen molar-refractivity contribution in [1.29, 1.82) is 0 Å². The van der Waals surface area contributed by atoms with Crippen LogP contribution in [0, 0.1) is 0 Å². The summed E-state index contributed by atoms with van der Waals surface area (Å²) in [7, 11) is -3.77. The molecule has 32 heavy (non-hydrogen) atoms. The van der Waals surface area contributed by atoms with E-state index in [2.05, 4.69) is 4.98 Å². The first kappa shape index (κ1) is 22.8. The molecule has 1 amide bonds. The fraction of sp³-hybridized carbons (Fsp3) is 0.391. The summed E-state index contributed by atoms with van der Waals surface area (Å²) < 4.78 is 27.3. The molecule has 0 radical (unpaired) electrons. The smallest absolute Gasteiger partial charge is 0.253 e. The highest BCUT2D eigenvalue weighted by molar-refractivity contribution is 7.89. The van der Waals surface area contributed by atoms with Crippen molar-refractivity contribution in [2.45, 2.75) is 37.5 Å². The van der Waals surface area contributed by atoms with Gasteiger partial charge in [-0.1, -0.05) is 37.6 Å². The Bertz CT molecular complexity index is 1200. The number of aromatic amines is 1. The summed E-state index contributed by atoms with van der Waals surface area (Å²) in [5.74, 6) is 0.786. The average Bonchev–Trinajstić information content (AvgIpc) is 3.24. The van der Waals surface area contributed by atoms with Gasteiger partial charge in [0.1, 0.15) is 10.7 Å². The van der Waals surface area contributed by atoms with Crippen molar-refractivity contribution in [3.63, 3.8) is 0 Å². The van der Waals surface area contributed by atoms with Gasteiger partial charge in [-0.3, -0.25) is 4.79 Å². The molecule has 1 aromatic heterocycles. The third kappa shape index (κ3) is 4.27. The van der Waals surface area contributed by atoms with E-state index in [0.29, 0.717) is 31.7 Å². The number of aromatic nitrogens is 2. The molecule has 1 N–H and O–H groups in total. The lowest BCUT2D eigenvalue weighted by molar-refractivity contribution is 0.0704. The zero-order valence-electron chi connectivity index (χ0n) is 18.2. The van der Waals surface area contributed by atoms with Crippen molar-refractivity contribution >= 4 is 38.6 Å². The summed E-state index contributed by atoms with van der Waals surface area (Å²) in [6.07, 6.45) is 1.79. The number of para-hydroxylation sites is 2. The number of hydrogen-bond donors (Lipinski definition) is 1. The number of rotatable bonds is 6. The van der Waals surface area contributed by atoms with E-state index in [1.165, 1.54) is 16.4 Å². The quantitative estimate of drug-likeness (QED) is 0.578. The standard InChI is InChI=1S/C23H27ClN4O3S/c1-3-28(4-2)32(30,31)21-14-16(11-12-18(21)24)23(29)27-13-7-8-17(15-27)22-25-19-9-5-6-10-20(19)26-22/h5-6,9-12,14,17H,3-4,7-8,13,15H2,1-2H3,(H,25,26)/t17-/m1/s1. The lowest BCUT2D eigenvalue weighted by Crippen LogP contribution is -2.39. The summed E-state index contributed by atoms with van der Waals surface area (Å²) in [6, 6.07) is 12.4. The molecule has 1 fully saturated rings. The molecule has 1 saturated heterocycles. The summed E-state index contributed by atoms with van der Waals surface area (Å²) >= 11 is 6.23. The normalized spacial score (nSPS) is 17.2. The van der Waals surface area contributed by atoms with Crippen LogP contribution in [0.2, 0.25) is 5.02 Å². The van der Waals surface area contributed by atoms with Crippen LogP contribution in [0.25, 0.3) is 11.0 Å². The lowest BCUT2D eigenvalue weighted by atomic mass is 9.96. The number of H-pyrrole nitrogens is 1. The summed E-state index contributed by atoms with van der Waals surface area (Å²) in [5.41, 5.74) is 2.22. The summed E-state index contributed by atoms with van der Waals surface area (Å²) in [5, 5.41) is 0.118. The van der Waals surface area contributed by atoms with E-state index < -0.39 is 10.0 Å². The van der Waals surface area contributed by atoms with Gasteiger partial charge in [-0.15, -0.1) is 0 Å². The number of carbonyl (C=O) groups excluding carboxylic acids is 1. The Balaban J connectivity index is 1.59. The molecule has 170 valence electrons. The number of benzene rings is 2. The van der Waals surface area contributed by atoms with Crippen molar-refractivity contribution in [1.82, 2.24) is 19.2 Å². The number of halogens is 1. The first-order chi connectivity index (χ1) is 15.3. The predicted molar refractivity (Wildman–Crippen MR) is 126 cm³/mol. The van der Waals surface area contributed by atoms with Gasteiger partial charge in [0, 0.05) is 37.7 Å². The van der Waals surface area contributed by atoms with Gasteiger partial charge in [-0.25, -0.2) is 13.4 Å². The van der Waals surface area contributed by atoms with E-state index in [1.54, 1.807) is 24.8 Å². The average molecular weight is 475 g/mol. The van der Waals surface area contributed by atoms with Gasteiger partial charge in [0.25, 0.3) is 5.91 Å². The van der Waals surface area contributed by atoms with Gasteiger partial charge in [-0.2, -0.15) is 4.31 Å². The molecule has 0 spiro atoms. The maximum absolute atomic E-state index is 13.3. The minimum absolute atomic E-state index is 0.0282. The number of likely N-dealkylation sites (tertiary alicyclic amines) is 1. The number of piperidine rings is 1. The van der Waals surface area contributed by atoms with Gasteiger partial charge in [0.15, 0.2) is 0 Å². The molecule has 1 aliphatic heterocycles. The monoisotopic (exact) mass is 474 g/mol. The molecule has 3 aromatic rings. The Morgan fingerprint density at radius 1 is 1.22 bits per heavy atom. The van der Waals surface area contributed by atoms with E-state index in [9.17, 15) is 13.2 Å². The zero-order chi connectivity index (χ0) is 22.9. The highest BCUT2D eigenvalue weighted by atomic mass is 35.5. The number of amides is 1. The van der Waals surface area contributed by atoms with Crippen LogP contribution in [0.4, 0.5) is 0 Å². The van der Waals surface area contributed by atoms with Crippen LogP contribution in [-0.4, -0.2) is 59.7 Å². The SMILES string of the molecule is CCN(CC)S(=O)(=O)c1cc(C(=O)N2CCC[C@@H](c3nc4ccccc4[nH]3)C2)ccc1Cl. The van der Waals surface area contributed by atoms with E-state index in [4.69, 9.17) is 16.6 Å². The van der Waals surface area contributed by atoms with Crippen LogP contribution < -0.4 is 0 Å². The maximum atomic E-state index is 13.3. The molecule has 0 bridgehead atoms. The summed E-state index contributed by atoms with van der Waals surface area (Å²) in [6.45, 7) is 5.36. The number of hydrogen-bond acceptors (Lipinski definition) is 4. The Hall–Kier alpha value is -2.42. The molecule has 2 aromatic carbocycles. The van der Waals surface area contributed by atoms with Gasteiger partial charge in [-0.05, 0) is 43.2 Å². The van der Waals surface area contributed by atoms with Crippen molar-refractivity contribution in [3.8, 4) is 0 Å². The number of fused-ring (bicyclic) bond motifs is 1. The number of sulfonamides is 1. The second-order valence-corrected chi connectivity index (χ2v) is 10.3. The van der Waals surface area contributed by atoms with Crippen LogP contribution in [0.3, 0.4) is 0 Å².